The van der Waals surface area contributed by atoms with Gasteiger partial charge in [0.2, 0.25) is 0 Å². The zero-order valence-electron chi connectivity index (χ0n) is 11.2. The summed E-state index contributed by atoms with van der Waals surface area (Å²) < 4.78 is 0. The zero-order valence-corrected chi connectivity index (χ0v) is 16.7. The molecule has 0 aliphatic heterocycles. The third-order valence-corrected chi connectivity index (χ3v) is 117. The molecule has 0 nitrogen and oxygen atoms in total. The van der Waals surface area contributed by atoms with Gasteiger partial charge in [-0.25, -0.2) is 0 Å². The molecule has 0 N–H and O–H groups in total. The van der Waals surface area contributed by atoms with Crippen LogP contribution in [0.3, 0.4) is 0 Å². The van der Waals surface area contributed by atoms with Crippen molar-refractivity contribution >= 4 is 26.5 Å². The molecule has 0 heterocycles. The molecular weight excluding hydrogens is 338 g/mol. The van der Waals surface area contributed by atoms with E-state index in [1.165, 1.54) is 0 Å². The van der Waals surface area contributed by atoms with Gasteiger partial charge in [-0.2, -0.15) is 0 Å². The van der Waals surface area contributed by atoms with Crippen LogP contribution in [0, 0.1) is 0 Å². The average molecular weight is 368 g/mol. The quantitative estimate of drug-likeness (QED) is 0.523. The summed E-state index contributed by atoms with van der Waals surface area (Å²) in [4.78, 5) is 0. The topological polar surface area (TPSA) is 0 Å². The van der Waals surface area contributed by atoms with E-state index in [0.717, 1.165) is 0 Å². The summed E-state index contributed by atoms with van der Waals surface area (Å²) in [5, 5.41) is 0. The van der Waals surface area contributed by atoms with Crippen molar-refractivity contribution in [2.45, 2.75) is 0 Å². The summed E-state index contributed by atoms with van der Waals surface area (Å²) in [5.74, 6) is 0. The van der Waals surface area contributed by atoms with Crippen LogP contribution in [0.1, 0.15) is 0 Å². The van der Waals surface area contributed by atoms with Crippen molar-refractivity contribution in [2.75, 3.05) is 60.0 Å². The molecule has 0 aliphatic rings. The van der Waals surface area contributed by atoms with E-state index in [0.29, 0.717) is 0 Å². The molecule has 14 heavy (non-hydrogen) atoms. The second kappa shape index (κ2) is 4.47. The fourth-order valence-electron chi connectivity index (χ4n) is 2.39. The minimum absolute atomic E-state index is 1.12. The van der Waals surface area contributed by atoms with Crippen LogP contribution < -0.4 is 0 Å². The summed E-state index contributed by atoms with van der Waals surface area (Å²) in [6.45, 7) is 22.6. The molecule has 0 aromatic heterocycles. The summed E-state index contributed by atoms with van der Waals surface area (Å²) in [6, 6.07) is 0. The van der Waals surface area contributed by atoms with Crippen molar-refractivity contribution in [3.63, 3.8) is 0 Å². The van der Waals surface area contributed by atoms with Crippen molar-refractivity contribution in [1.82, 2.24) is 0 Å². The first-order valence-corrected chi connectivity index (χ1v) is 25.3. The molecule has 0 bridgehead atoms. The molecule has 0 amide bonds. The number of hydrogen-bond donors (Lipinski definition) is 0. The zero-order chi connectivity index (χ0) is 12.0. The Morgan fingerprint density at radius 2 is 0.714 bits per heavy atom. The van der Waals surface area contributed by atoms with Crippen molar-refractivity contribution < 1.29 is 12.3 Å². The number of halogens is 1. The molecule has 0 radical (unpaired) electrons. The molecule has 0 fully saturated rings. The second-order valence-corrected chi connectivity index (χ2v) is 66.5. The van der Waals surface area contributed by atoms with Crippen LogP contribution in [0.15, 0.2) is 0 Å². The van der Waals surface area contributed by atoms with Crippen LogP contribution in [0.2, 0.25) is 0 Å². The molecule has 96 valence electrons. The Hall–Kier alpha value is 2.20. The van der Waals surface area contributed by atoms with Gasteiger partial charge in [-0.3, -0.25) is 0 Å². The van der Waals surface area contributed by atoms with Gasteiger partial charge in [0.15, 0.2) is 0 Å². The molecule has 0 spiro atoms. The molecule has 0 aromatic carbocycles. The molecule has 0 saturated heterocycles. The minimum atomic E-state index is -1.84. The SMILES string of the molecule is C[PH](C)(C)[Ru]([Cl])([PH](C)(C)C)[PH](C)(C)C. The predicted molar refractivity (Wildman–Crippen MR) is 84.1 cm³/mol. The van der Waals surface area contributed by atoms with Crippen molar-refractivity contribution in [3.8, 4) is 0 Å². The predicted octanol–water partition coefficient (Wildman–Crippen LogP) is 3.96. The van der Waals surface area contributed by atoms with Gasteiger partial charge >= 0.3 is 98.8 Å². The fraction of sp³-hybridized carbons (Fsp3) is 1.00. The van der Waals surface area contributed by atoms with Crippen LogP contribution in [0.25, 0.3) is 0 Å². The van der Waals surface area contributed by atoms with E-state index < -0.39 is 29.1 Å². The molecule has 5 heteroatoms. The first-order valence-electron chi connectivity index (χ1n) is 5.16. The summed E-state index contributed by atoms with van der Waals surface area (Å²) in [5.41, 5.74) is -3.37. The van der Waals surface area contributed by atoms with E-state index in [4.69, 9.17) is 9.69 Å². The monoisotopic (exact) mass is 368 g/mol. The van der Waals surface area contributed by atoms with Gasteiger partial charge in [0.05, 0.1) is 0 Å². The molecule has 0 aliphatic carbocycles. The maximum absolute atomic E-state index is 7.32. The summed E-state index contributed by atoms with van der Waals surface area (Å²) in [7, 11) is 7.32. The average Bonchev–Trinajstić information content (AvgIpc) is 1.77. The van der Waals surface area contributed by atoms with Crippen molar-refractivity contribution in [1.29, 1.82) is 0 Å². The first kappa shape index (κ1) is 16.2. The van der Waals surface area contributed by atoms with Gasteiger partial charge < -0.3 is 0 Å². The molecular formula is C9H30ClP3Ru. The van der Waals surface area contributed by atoms with E-state index in [1.54, 1.807) is 0 Å². The van der Waals surface area contributed by atoms with Gasteiger partial charge in [-0.1, -0.05) is 0 Å². The molecule has 0 saturated carbocycles. The van der Waals surface area contributed by atoms with E-state index in [2.05, 4.69) is 60.0 Å². The van der Waals surface area contributed by atoms with E-state index in [9.17, 15) is 0 Å². The molecule has 0 unspecified atom stereocenters. The Morgan fingerprint density at radius 1 is 0.571 bits per heavy atom. The van der Waals surface area contributed by atoms with Gasteiger partial charge in [0.25, 0.3) is 0 Å². The Balaban J connectivity index is 5.54. The van der Waals surface area contributed by atoms with Crippen LogP contribution in [0.5, 0.6) is 0 Å². The van der Waals surface area contributed by atoms with Gasteiger partial charge in [-0.15, -0.1) is 0 Å². The van der Waals surface area contributed by atoms with E-state index >= 15 is 0 Å². The summed E-state index contributed by atoms with van der Waals surface area (Å²) in [6.07, 6.45) is 0. The number of hydrogen-bond acceptors (Lipinski definition) is 0. The van der Waals surface area contributed by atoms with Crippen molar-refractivity contribution in [2.24, 2.45) is 0 Å². The fourth-order valence-corrected chi connectivity index (χ4v) is 127. The van der Waals surface area contributed by atoms with Gasteiger partial charge in [0.1, 0.15) is 0 Å². The maximum atomic E-state index is 7.32. The molecule has 0 atom stereocenters. The standard InChI is InChI=1S/3C3H9P.ClH.Ru/c3*1-4(2)3;;/h3*1-3H3;1H;/q;;;;-2/p+2. The molecule has 0 aromatic rings. The van der Waals surface area contributed by atoms with Gasteiger partial charge in [-0.05, 0) is 0 Å². The Labute approximate surface area is 98.4 Å². The first-order chi connectivity index (χ1) is 5.75. The van der Waals surface area contributed by atoms with Crippen LogP contribution in [0.4, 0.5) is 0 Å². The Kier molecular flexibility index (Phi) is 5.17. The van der Waals surface area contributed by atoms with E-state index in [-0.39, 0.29) is 0 Å². The number of rotatable bonds is 3. The molecule has 0 rings (SSSR count). The van der Waals surface area contributed by atoms with Crippen molar-refractivity contribution in [3.05, 3.63) is 0 Å². The van der Waals surface area contributed by atoms with Crippen LogP contribution >= 0.6 is 26.5 Å². The Morgan fingerprint density at radius 3 is 0.714 bits per heavy atom. The third kappa shape index (κ3) is 2.90. The second-order valence-electron chi connectivity index (χ2n) is 6.56. The van der Waals surface area contributed by atoms with E-state index in [1.807, 2.05) is 0 Å². The Bertz CT molecular complexity index is 174. The van der Waals surface area contributed by atoms with Crippen LogP contribution in [-0.2, 0) is 12.3 Å². The third-order valence-electron chi connectivity index (χ3n) is 2.19. The van der Waals surface area contributed by atoms with Crippen LogP contribution in [-0.4, -0.2) is 60.0 Å². The normalized spacial score (nSPS) is 25.0. The summed E-state index contributed by atoms with van der Waals surface area (Å²) >= 11 is -1.84. The van der Waals surface area contributed by atoms with Gasteiger partial charge in [0, 0.05) is 0 Å².